The summed E-state index contributed by atoms with van der Waals surface area (Å²) in [5.41, 5.74) is 1.94. The third kappa shape index (κ3) is 5.22. The number of hydrogen-bond acceptors (Lipinski definition) is 7. The maximum atomic E-state index is 13.7. The molecule has 2 aliphatic rings. The molecule has 7 nitrogen and oxygen atoms in total. The Bertz CT molecular complexity index is 1200. The Balaban J connectivity index is 1.31. The highest BCUT2D eigenvalue weighted by molar-refractivity contribution is 7.99. The Morgan fingerprint density at radius 2 is 1.94 bits per heavy atom. The van der Waals surface area contributed by atoms with E-state index in [9.17, 15) is 9.59 Å². The van der Waals surface area contributed by atoms with Crippen molar-refractivity contribution in [3.8, 4) is 5.69 Å². The van der Waals surface area contributed by atoms with Crippen molar-refractivity contribution in [2.75, 3.05) is 45.1 Å². The molecule has 9 heteroatoms. The lowest BCUT2D eigenvalue weighted by Gasteiger charge is -2.26. The van der Waals surface area contributed by atoms with E-state index in [0.717, 1.165) is 74.4 Å². The van der Waals surface area contributed by atoms with Crippen molar-refractivity contribution < 1.29 is 9.53 Å². The van der Waals surface area contributed by atoms with Gasteiger partial charge < -0.3 is 10.1 Å². The molecule has 0 spiro atoms. The molecule has 1 amide bonds. The number of benzene rings is 1. The normalized spacial score (nSPS) is 16.5. The zero-order chi connectivity index (χ0) is 23.3. The fourth-order valence-corrected chi connectivity index (χ4v) is 6.77. The van der Waals surface area contributed by atoms with Crippen molar-refractivity contribution in [3.63, 3.8) is 0 Å². The van der Waals surface area contributed by atoms with Crippen LogP contribution in [0.1, 0.15) is 29.7 Å². The van der Waals surface area contributed by atoms with Crippen molar-refractivity contribution >= 4 is 39.2 Å². The highest BCUT2D eigenvalue weighted by Gasteiger charge is 2.23. The van der Waals surface area contributed by atoms with Gasteiger partial charge in [0.1, 0.15) is 4.83 Å². The highest BCUT2D eigenvalue weighted by atomic mass is 32.2. The summed E-state index contributed by atoms with van der Waals surface area (Å²) in [6, 6.07) is 9.62. The van der Waals surface area contributed by atoms with Crippen LogP contribution in [-0.4, -0.2) is 65.5 Å². The number of nitrogens with one attached hydrogen (secondary N) is 1. The number of morpholine rings is 1. The van der Waals surface area contributed by atoms with Crippen LogP contribution >= 0.6 is 23.1 Å². The van der Waals surface area contributed by atoms with Gasteiger partial charge in [0.05, 0.1) is 30.0 Å². The standard InChI is InChI=1S/C25H30N4O3S2/c30-21(26-11-6-12-28-13-15-32-16-14-28)17-33-25-27-23-22(19-9-4-5-10-20(19)34-23)24(31)29(25)18-7-2-1-3-8-18/h1-3,7-8H,4-6,9-17H2,(H,26,30). The van der Waals surface area contributed by atoms with E-state index >= 15 is 0 Å². The Kier molecular flexibility index (Phi) is 7.63. The van der Waals surface area contributed by atoms with E-state index in [4.69, 9.17) is 9.72 Å². The van der Waals surface area contributed by atoms with Crippen LogP contribution < -0.4 is 10.9 Å². The Hall–Kier alpha value is -2.20. The average molecular weight is 499 g/mol. The number of aromatic nitrogens is 2. The molecule has 180 valence electrons. The maximum Gasteiger partial charge on any atom is 0.267 e. The molecule has 0 bridgehead atoms. The summed E-state index contributed by atoms with van der Waals surface area (Å²) in [7, 11) is 0. The van der Waals surface area contributed by atoms with E-state index < -0.39 is 0 Å². The lowest BCUT2D eigenvalue weighted by Crippen LogP contribution is -2.38. The Morgan fingerprint density at radius 3 is 2.76 bits per heavy atom. The summed E-state index contributed by atoms with van der Waals surface area (Å²) >= 11 is 2.98. The average Bonchev–Trinajstić information content (AvgIpc) is 3.25. The quantitative estimate of drug-likeness (QED) is 0.292. The lowest BCUT2D eigenvalue weighted by molar-refractivity contribution is -0.118. The molecule has 1 aliphatic carbocycles. The number of amides is 1. The van der Waals surface area contributed by atoms with Crippen molar-refractivity contribution in [2.45, 2.75) is 37.3 Å². The summed E-state index contributed by atoms with van der Waals surface area (Å²) in [5.74, 6) is 0.194. The van der Waals surface area contributed by atoms with Gasteiger partial charge in [-0.25, -0.2) is 4.98 Å². The summed E-state index contributed by atoms with van der Waals surface area (Å²) in [4.78, 5) is 35.6. The van der Waals surface area contributed by atoms with Gasteiger partial charge in [0.25, 0.3) is 5.56 Å². The lowest BCUT2D eigenvalue weighted by atomic mass is 9.97. The van der Waals surface area contributed by atoms with Crippen LogP contribution in [0.5, 0.6) is 0 Å². The molecule has 1 aliphatic heterocycles. The topological polar surface area (TPSA) is 76.5 Å². The maximum absolute atomic E-state index is 13.7. The number of carbonyl (C=O) groups is 1. The zero-order valence-electron chi connectivity index (χ0n) is 19.3. The molecule has 5 rings (SSSR count). The van der Waals surface area contributed by atoms with Gasteiger partial charge in [0.2, 0.25) is 5.91 Å². The minimum atomic E-state index is -0.0357. The molecule has 1 fully saturated rings. The SMILES string of the molecule is O=C(CSc1nc2sc3c(c2c(=O)n1-c1ccccc1)CCCC3)NCCCN1CCOCC1. The molecule has 0 radical (unpaired) electrons. The number of aryl methyl sites for hydroxylation is 2. The molecule has 3 aromatic rings. The van der Waals surface area contributed by atoms with E-state index in [1.807, 2.05) is 30.3 Å². The van der Waals surface area contributed by atoms with Crippen molar-refractivity contribution in [3.05, 3.63) is 51.1 Å². The van der Waals surface area contributed by atoms with E-state index in [1.54, 1.807) is 15.9 Å². The van der Waals surface area contributed by atoms with Gasteiger partial charge in [-0.3, -0.25) is 19.1 Å². The van der Waals surface area contributed by atoms with Crippen LogP contribution in [0.4, 0.5) is 0 Å². The number of fused-ring (bicyclic) bond motifs is 3. The highest BCUT2D eigenvalue weighted by Crippen LogP contribution is 2.35. The van der Waals surface area contributed by atoms with E-state index in [2.05, 4.69) is 10.2 Å². The predicted octanol–water partition coefficient (Wildman–Crippen LogP) is 3.26. The van der Waals surface area contributed by atoms with E-state index in [1.165, 1.54) is 28.6 Å². The number of para-hydroxylation sites is 1. The third-order valence-electron chi connectivity index (χ3n) is 6.38. The van der Waals surface area contributed by atoms with Crippen molar-refractivity contribution in [1.82, 2.24) is 19.8 Å². The molecule has 34 heavy (non-hydrogen) atoms. The molecule has 3 heterocycles. The first kappa shape index (κ1) is 23.5. The number of carbonyl (C=O) groups excluding carboxylic acids is 1. The summed E-state index contributed by atoms with van der Waals surface area (Å²) < 4.78 is 7.06. The van der Waals surface area contributed by atoms with Crippen LogP contribution in [0.2, 0.25) is 0 Å². The molecule has 0 saturated carbocycles. The Morgan fingerprint density at radius 1 is 1.15 bits per heavy atom. The summed E-state index contributed by atoms with van der Waals surface area (Å²) in [5, 5.41) is 4.35. The second kappa shape index (κ2) is 11.0. The van der Waals surface area contributed by atoms with Crippen LogP contribution in [0.3, 0.4) is 0 Å². The van der Waals surface area contributed by atoms with Gasteiger partial charge in [0, 0.05) is 24.5 Å². The molecule has 1 aromatic carbocycles. The van der Waals surface area contributed by atoms with E-state index in [0.29, 0.717) is 11.7 Å². The number of ether oxygens (including phenoxy) is 1. The summed E-state index contributed by atoms with van der Waals surface area (Å²) in [6.07, 6.45) is 5.17. The van der Waals surface area contributed by atoms with Crippen molar-refractivity contribution in [1.29, 1.82) is 0 Å². The molecular formula is C25H30N4O3S2. The molecule has 0 atom stereocenters. The number of thiophene rings is 1. The summed E-state index contributed by atoms with van der Waals surface area (Å²) in [6.45, 7) is 5.10. The first-order valence-electron chi connectivity index (χ1n) is 12.0. The van der Waals surface area contributed by atoms with Crippen molar-refractivity contribution in [2.24, 2.45) is 0 Å². The first-order valence-corrected chi connectivity index (χ1v) is 13.8. The number of thioether (sulfide) groups is 1. The molecule has 0 unspecified atom stereocenters. The van der Waals surface area contributed by atoms with Crippen LogP contribution in [-0.2, 0) is 22.4 Å². The van der Waals surface area contributed by atoms with Gasteiger partial charge in [-0.1, -0.05) is 30.0 Å². The fourth-order valence-electron chi connectivity index (χ4n) is 4.62. The van der Waals surface area contributed by atoms with Gasteiger partial charge in [-0.15, -0.1) is 11.3 Å². The van der Waals surface area contributed by atoms with Crippen LogP contribution in [0.25, 0.3) is 15.9 Å². The van der Waals surface area contributed by atoms with Gasteiger partial charge in [-0.2, -0.15) is 0 Å². The zero-order valence-corrected chi connectivity index (χ0v) is 20.9. The molecule has 1 saturated heterocycles. The van der Waals surface area contributed by atoms with Crippen LogP contribution in [0.15, 0.2) is 40.3 Å². The smallest absolute Gasteiger partial charge is 0.267 e. The second-order valence-corrected chi connectivity index (χ2v) is 10.7. The first-order chi connectivity index (χ1) is 16.7. The largest absolute Gasteiger partial charge is 0.379 e. The number of rotatable bonds is 8. The van der Waals surface area contributed by atoms with Gasteiger partial charge in [-0.05, 0) is 56.3 Å². The predicted molar refractivity (Wildman–Crippen MR) is 137 cm³/mol. The monoisotopic (exact) mass is 498 g/mol. The fraction of sp³-hybridized carbons (Fsp3) is 0.480. The van der Waals surface area contributed by atoms with E-state index in [-0.39, 0.29) is 17.2 Å². The molecule has 1 N–H and O–H groups in total. The second-order valence-electron chi connectivity index (χ2n) is 8.71. The Labute approximate surface area is 207 Å². The van der Waals surface area contributed by atoms with Crippen LogP contribution in [0, 0.1) is 0 Å². The van der Waals surface area contributed by atoms with Gasteiger partial charge in [0.15, 0.2) is 5.16 Å². The third-order valence-corrected chi connectivity index (χ3v) is 8.51. The number of hydrogen-bond donors (Lipinski definition) is 1. The minimum Gasteiger partial charge on any atom is -0.379 e. The molecular weight excluding hydrogens is 468 g/mol. The van der Waals surface area contributed by atoms with Gasteiger partial charge >= 0.3 is 0 Å². The molecule has 2 aromatic heterocycles. The number of nitrogens with zero attached hydrogens (tertiary/aromatic N) is 3. The minimum absolute atomic E-state index is 0.0241.